The molecule has 98 valence electrons. The highest BCUT2D eigenvalue weighted by Gasteiger charge is 2.24. The highest BCUT2D eigenvalue weighted by Crippen LogP contribution is 2.20. The van der Waals surface area contributed by atoms with Crippen LogP contribution < -0.4 is 5.73 Å². The fourth-order valence-corrected chi connectivity index (χ4v) is 2.73. The lowest BCUT2D eigenvalue weighted by molar-refractivity contribution is -0.138. The zero-order valence-electron chi connectivity index (χ0n) is 10.6. The summed E-state index contributed by atoms with van der Waals surface area (Å²) in [6, 6.07) is 0.272. The number of carbonyl (C=O) groups excluding carboxylic acids is 1. The summed E-state index contributed by atoms with van der Waals surface area (Å²) in [7, 11) is 0. The Morgan fingerprint density at radius 3 is 2.47 bits per heavy atom. The molecule has 1 aliphatic heterocycles. The van der Waals surface area contributed by atoms with Crippen molar-refractivity contribution in [3.8, 4) is 0 Å². The van der Waals surface area contributed by atoms with E-state index < -0.39 is 0 Å². The van der Waals surface area contributed by atoms with Gasteiger partial charge in [-0.25, -0.2) is 0 Å². The third-order valence-electron chi connectivity index (χ3n) is 3.83. The molecule has 4 nitrogen and oxygen atoms in total. The monoisotopic (exact) mass is 240 g/mol. The molecule has 1 aliphatic carbocycles. The van der Waals surface area contributed by atoms with Crippen molar-refractivity contribution < 1.29 is 9.53 Å². The number of ether oxygens (including phenoxy) is 1. The van der Waals surface area contributed by atoms with E-state index >= 15 is 0 Å². The van der Waals surface area contributed by atoms with Crippen molar-refractivity contribution in [3.05, 3.63) is 0 Å². The predicted octanol–water partition coefficient (Wildman–Crippen LogP) is 1.29. The van der Waals surface area contributed by atoms with Crippen LogP contribution in [-0.4, -0.2) is 42.6 Å². The lowest BCUT2D eigenvalue weighted by atomic mass is 10.2. The zero-order valence-corrected chi connectivity index (χ0v) is 10.6. The lowest BCUT2D eigenvalue weighted by Crippen LogP contribution is -2.35. The van der Waals surface area contributed by atoms with E-state index in [0.717, 1.165) is 45.2 Å². The maximum Gasteiger partial charge on any atom is 0.248 e. The molecule has 2 N–H and O–H groups in total. The number of nitrogens with zero attached hydrogens (tertiary/aromatic N) is 1. The van der Waals surface area contributed by atoms with Gasteiger partial charge < -0.3 is 15.4 Å². The number of rotatable bonds is 3. The standard InChI is InChI=1S/C13H24N2O2/c14-11-5-6-12(9-11)17-10-13(16)15-7-3-1-2-4-8-15/h11-12H,1-10,14H2. The van der Waals surface area contributed by atoms with Crippen LogP contribution in [-0.2, 0) is 9.53 Å². The molecule has 0 aromatic rings. The van der Waals surface area contributed by atoms with Crippen LogP contribution in [0.3, 0.4) is 0 Å². The van der Waals surface area contributed by atoms with Crippen LogP contribution in [0.4, 0.5) is 0 Å². The number of carbonyl (C=O) groups is 1. The van der Waals surface area contributed by atoms with E-state index in [4.69, 9.17) is 10.5 Å². The Kier molecular flexibility index (Phi) is 4.80. The average molecular weight is 240 g/mol. The van der Waals surface area contributed by atoms with Crippen LogP contribution in [0.15, 0.2) is 0 Å². The number of likely N-dealkylation sites (tertiary alicyclic amines) is 1. The Balaban J connectivity index is 1.69. The number of hydrogen-bond acceptors (Lipinski definition) is 3. The van der Waals surface area contributed by atoms with Crippen molar-refractivity contribution in [2.24, 2.45) is 5.73 Å². The van der Waals surface area contributed by atoms with Crippen LogP contribution in [0.5, 0.6) is 0 Å². The fraction of sp³-hybridized carbons (Fsp3) is 0.923. The minimum Gasteiger partial charge on any atom is -0.368 e. The van der Waals surface area contributed by atoms with Gasteiger partial charge in [-0.1, -0.05) is 12.8 Å². The van der Waals surface area contributed by atoms with Crippen LogP contribution in [0, 0.1) is 0 Å². The lowest BCUT2D eigenvalue weighted by Gasteiger charge is -2.21. The minimum absolute atomic E-state index is 0.160. The summed E-state index contributed by atoms with van der Waals surface area (Å²) in [5.41, 5.74) is 5.82. The summed E-state index contributed by atoms with van der Waals surface area (Å²) in [6.07, 6.45) is 7.94. The third-order valence-corrected chi connectivity index (χ3v) is 3.83. The Morgan fingerprint density at radius 1 is 1.18 bits per heavy atom. The molecule has 4 heteroatoms. The maximum absolute atomic E-state index is 12.0. The molecule has 2 aliphatic rings. The van der Waals surface area contributed by atoms with Crippen LogP contribution in [0.2, 0.25) is 0 Å². The summed E-state index contributed by atoms with van der Waals surface area (Å²) >= 11 is 0. The zero-order chi connectivity index (χ0) is 12.1. The molecule has 0 spiro atoms. The van der Waals surface area contributed by atoms with Crippen LogP contribution in [0.25, 0.3) is 0 Å². The van der Waals surface area contributed by atoms with Gasteiger partial charge in [-0.15, -0.1) is 0 Å². The summed E-state index contributed by atoms with van der Waals surface area (Å²) in [5, 5.41) is 0. The quantitative estimate of drug-likeness (QED) is 0.808. The second-order valence-electron chi connectivity index (χ2n) is 5.30. The predicted molar refractivity (Wildman–Crippen MR) is 66.6 cm³/mol. The SMILES string of the molecule is NC1CCC(OCC(=O)N2CCCCCC2)C1. The average Bonchev–Trinajstić information content (AvgIpc) is 2.58. The maximum atomic E-state index is 12.0. The summed E-state index contributed by atoms with van der Waals surface area (Å²) in [6.45, 7) is 2.07. The molecule has 0 radical (unpaired) electrons. The Morgan fingerprint density at radius 2 is 1.88 bits per heavy atom. The first kappa shape index (κ1) is 12.8. The van der Waals surface area contributed by atoms with Gasteiger partial charge >= 0.3 is 0 Å². The first-order valence-corrected chi connectivity index (χ1v) is 6.90. The molecule has 1 heterocycles. The van der Waals surface area contributed by atoms with E-state index in [1.165, 1.54) is 12.8 Å². The second-order valence-corrected chi connectivity index (χ2v) is 5.30. The Labute approximate surface area is 103 Å². The van der Waals surface area contributed by atoms with Gasteiger partial charge in [0.15, 0.2) is 0 Å². The van der Waals surface area contributed by atoms with Crippen molar-refractivity contribution in [2.45, 2.75) is 57.1 Å². The molecule has 2 atom stereocenters. The van der Waals surface area contributed by atoms with Gasteiger partial charge in [0.2, 0.25) is 5.91 Å². The smallest absolute Gasteiger partial charge is 0.248 e. The summed E-state index contributed by atoms with van der Waals surface area (Å²) in [4.78, 5) is 13.9. The topological polar surface area (TPSA) is 55.6 Å². The Hall–Kier alpha value is -0.610. The van der Waals surface area contributed by atoms with E-state index in [0.29, 0.717) is 0 Å². The van der Waals surface area contributed by atoms with Crippen molar-refractivity contribution >= 4 is 5.91 Å². The van der Waals surface area contributed by atoms with E-state index in [2.05, 4.69) is 0 Å². The van der Waals surface area contributed by atoms with Crippen molar-refractivity contribution in [2.75, 3.05) is 19.7 Å². The molecule has 2 fully saturated rings. The molecule has 1 amide bonds. The van der Waals surface area contributed by atoms with Gasteiger partial charge in [0.1, 0.15) is 6.61 Å². The molecule has 2 rings (SSSR count). The number of nitrogens with two attached hydrogens (primary N) is 1. The Bertz CT molecular complexity index is 250. The molecule has 0 bridgehead atoms. The van der Waals surface area contributed by atoms with Gasteiger partial charge in [0.25, 0.3) is 0 Å². The highest BCUT2D eigenvalue weighted by atomic mass is 16.5. The largest absolute Gasteiger partial charge is 0.368 e. The van der Waals surface area contributed by atoms with Gasteiger partial charge in [0.05, 0.1) is 6.10 Å². The van der Waals surface area contributed by atoms with E-state index in [1.807, 2.05) is 4.90 Å². The van der Waals surface area contributed by atoms with E-state index in [9.17, 15) is 4.79 Å². The molecule has 17 heavy (non-hydrogen) atoms. The van der Waals surface area contributed by atoms with Gasteiger partial charge in [0, 0.05) is 19.1 Å². The van der Waals surface area contributed by atoms with Gasteiger partial charge in [-0.2, -0.15) is 0 Å². The normalized spacial score (nSPS) is 30.3. The molecule has 0 aromatic heterocycles. The molecule has 2 unspecified atom stereocenters. The minimum atomic E-state index is 0.160. The van der Waals surface area contributed by atoms with E-state index in [-0.39, 0.29) is 24.7 Å². The molecular weight excluding hydrogens is 216 g/mol. The molecule has 0 aromatic carbocycles. The highest BCUT2D eigenvalue weighted by molar-refractivity contribution is 5.77. The van der Waals surface area contributed by atoms with Gasteiger partial charge in [-0.3, -0.25) is 4.79 Å². The molecular formula is C13H24N2O2. The summed E-state index contributed by atoms with van der Waals surface area (Å²) in [5.74, 6) is 0.160. The van der Waals surface area contributed by atoms with E-state index in [1.54, 1.807) is 0 Å². The van der Waals surface area contributed by atoms with Crippen molar-refractivity contribution in [1.82, 2.24) is 4.90 Å². The van der Waals surface area contributed by atoms with Crippen molar-refractivity contribution in [1.29, 1.82) is 0 Å². The van der Waals surface area contributed by atoms with Crippen LogP contribution in [0.1, 0.15) is 44.9 Å². The number of amides is 1. The first-order valence-electron chi connectivity index (χ1n) is 6.90. The fourth-order valence-electron chi connectivity index (χ4n) is 2.73. The van der Waals surface area contributed by atoms with Crippen LogP contribution >= 0.6 is 0 Å². The van der Waals surface area contributed by atoms with Gasteiger partial charge in [-0.05, 0) is 32.1 Å². The molecule has 1 saturated carbocycles. The number of hydrogen-bond donors (Lipinski definition) is 1. The first-order chi connectivity index (χ1) is 8.25. The second kappa shape index (κ2) is 6.36. The summed E-state index contributed by atoms with van der Waals surface area (Å²) < 4.78 is 5.66. The third kappa shape index (κ3) is 3.96. The van der Waals surface area contributed by atoms with Crippen molar-refractivity contribution in [3.63, 3.8) is 0 Å². The molecule has 1 saturated heterocycles.